The van der Waals surface area contributed by atoms with Crippen LogP contribution in [0.15, 0.2) is 48.8 Å². The summed E-state index contributed by atoms with van der Waals surface area (Å²) >= 11 is 0. The van der Waals surface area contributed by atoms with Crippen molar-refractivity contribution in [3.63, 3.8) is 0 Å². The number of nitrogens with zero attached hydrogens (tertiary/aromatic N) is 2. The van der Waals surface area contributed by atoms with Gasteiger partial charge in [0, 0.05) is 31.0 Å². The van der Waals surface area contributed by atoms with Gasteiger partial charge in [-0.25, -0.2) is 0 Å². The lowest BCUT2D eigenvalue weighted by Gasteiger charge is -2.40. The van der Waals surface area contributed by atoms with E-state index < -0.39 is 5.54 Å². The fraction of sp³-hybridized carbons (Fsp3) is 0.333. The number of carbonyl (C=O) groups excluding carboxylic acids is 1. The lowest BCUT2D eigenvalue weighted by atomic mass is 9.83. The molecule has 3 heterocycles. The smallest absolute Gasteiger partial charge is 0.245 e. The molecule has 0 aliphatic carbocycles. The SMILES string of the molecule is O=C1Nc2ccccc2CC12CCCN2Cc1cccnc1. The number of carbonyl (C=O) groups is 1. The first-order valence-corrected chi connectivity index (χ1v) is 7.81. The van der Waals surface area contributed by atoms with E-state index in [2.05, 4.69) is 27.3 Å². The van der Waals surface area contributed by atoms with Crippen LogP contribution in [-0.4, -0.2) is 27.9 Å². The molecule has 2 aromatic rings. The predicted molar refractivity (Wildman–Crippen MR) is 85.4 cm³/mol. The quantitative estimate of drug-likeness (QED) is 0.925. The Kier molecular flexibility index (Phi) is 3.19. The topological polar surface area (TPSA) is 45.2 Å². The van der Waals surface area contributed by atoms with Crippen molar-refractivity contribution in [2.24, 2.45) is 0 Å². The van der Waals surface area contributed by atoms with Gasteiger partial charge in [-0.05, 0) is 42.6 Å². The molecule has 2 aliphatic rings. The highest BCUT2D eigenvalue weighted by Crippen LogP contribution is 2.39. The van der Waals surface area contributed by atoms with Gasteiger partial charge in [0.25, 0.3) is 0 Å². The molecule has 0 bridgehead atoms. The maximum absolute atomic E-state index is 12.8. The summed E-state index contributed by atoms with van der Waals surface area (Å²) in [6.07, 6.45) is 6.46. The Morgan fingerprint density at radius 1 is 1.23 bits per heavy atom. The standard InChI is InChI=1S/C18H19N3O/c22-17-18(11-15-6-1-2-7-16(15)20-17)8-4-10-21(18)13-14-5-3-9-19-12-14/h1-3,5-7,9,12H,4,8,10-11,13H2,(H,20,22). The van der Waals surface area contributed by atoms with Gasteiger partial charge in [0.2, 0.25) is 5.91 Å². The third-order valence-corrected chi connectivity index (χ3v) is 4.89. The number of hydrogen-bond donors (Lipinski definition) is 1. The number of nitrogens with one attached hydrogen (secondary N) is 1. The van der Waals surface area contributed by atoms with Gasteiger partial charge < -0.3 is 5.32 Å². The minimum atomic E-state index is -0.399. The molecule has 0 radical (unpaired) electrons. The van der Waals surface area contributed by atoms with Crippen LogP contribution in [0, 0.1) is 0 Å². The lowest BCUT2D eigenvalue weighted by Crippen LogP contribution is -2.56. The summed E-state index contributed by atoms with van der Waals surface area (Å²) in [5.41, 5.74) is 2.96. The van der Waals surface area contributed by atoms with Gasteiger partial charge in [-0.2, -0.15) is 0 Å². The van der Waals surface area contributed by atoms with E-state index in [-0.39, 0.29) is 5.91 Å². The molecule has 4 heteroatoms. The Balaban J connectivity index is 1.66. The summed E-state index contributed by atoms with van der Waals surface area (Å²) in [5.74, 6) is 0.146. The van der Waals surface area contributed by atoms with Crippen LogP contribution < -0.4 is 5.32 Å². The molecule has 4 rings (SSSR count). The van der Waals surface area contributed by atoms with E-state index in [9.17, 15) is 4.79 Å². The Morgan fingerprint density at radius 3 is 3.00 bits per heavy atom. The van der Waals surface area contributed by atoms with Crippen molar-refractivity contribution in [1.82, 2.24) is 9.88 Å². The number of likely N-dealkylation sites (tertiary alicyclic amines) is 1. The Bertz CT molecular complexity index is 700. The number of hydrogen-bond acceptors (Lipinski definition) is 3. The second-order valence-corrected chi connectivity index (χ2v) is 6.21. The largest absolute Gasteiger partial charge is 0.324 e. The molecule has 0 saturated carbocycles. The number of benzene rings is 1. The number of rotatable bonds is 2. The Labute approximate surface area is 130 Å². The summed E-state index contributed by atoms with van der Waals surface area (Å²) in [6, 6.07) is 12.2. The molecule has 1 aromatic heterocycles. The molecule has 22 heavy (non-hydrogen) atoms. The number of fused-ring (bicyclic) bond motifs is 1. The van der Waals surface area contributed by atoms with Crippen LogP contribution in [0.25, 0.3) is 0 Å². The van der Waals surface area contributed by atoms with Gasteiger partial charge >= 0.3 is 0 Å². The molecule has 1 atom stereocenters. The van der Waals surface area contributed by atoms with E-state index in [1.165, 1.54) is 5.56 Å². The predicted octanol–water partition coefficient (Wildman–Crippen LogP) is 2.61. The average molecular weight is 293 g/mol. The summed E-state index contributed by atoms with van der Waals surface area (Å²) in [5, 5.41) is 3.11. The van der Waals surface area contributed by atoms with Crippen LogP contribution >= 0.6 is 0 Å². The second kappa shape index (κ2) is 5.21. The van der Waals surface area contributed by atoms with Crippen LogP contribution in [0.2, 0.25) is 0 Å². The van der Waals surface area contributed by atoms with Crippen molar-refractivity contribution < 1.29 is 4.79 Å². The van der Waals surface area contributed by atoms with Crippen LogP contribution in [0.5, 0.6) is 0 Å². The molecule has 1 fully saturated rings. The summed E-state index contributed by atoms with van der Waals surface area (Å²) in [6.45, 7) is 1.74. The molecule has 1 amide bonds. The van der Waals surface area contributed by atoms with E-state index >= 15 is 0 Å². The van der Waals surface area contributed by atoms with Gasteiger partial charge in [0.1, 0.15) is 5.54 Å². The van der Waals surface area contributed by atoms with Crippen molar-refractivity contribution in [2.45, 2.75) is 31.3 Å². The molecule has 2 aliphatic heterocycles. The second-order valence-electron chi connectivity index (χ2n) is 6.21. The Morgan fingerprint density at radius 2 is 2.14 bits per heavy atom. The van der Waals surface area contributed by atoms with Gasteiger partial charge in [-0.15, -0.1) is 0 Å². The number of aromatic nitrogens is 1. The molecule has 1 aromatic carbocycles. The van der Waals surface area contributed by atoms with E-state index in [0.29, 0.717) is 0 Å². The Hall–Kier alpha value is -2.20. The van der Waals surface area contributed by atoms with Crippen LogP contribution in [0.4, 0.5) is 5.69 Å². The van der Waals surface area contributed by atoms with Gasteiger partial charge in [0.05, 0.1) is 0 Å². The average Bonchev–Trinajstić information content (AvgIpc) is 2.93. The lowest BCUT2D eigenvalue weighted by molar-refractivity contribution is -0.127. The van der Waals surface area contributed by atoms with Gasteiger partial charge in [0.15, 0.2) is 0 Å². The van der Waals surface area contributed by atoms with Gasteiger partial charge in [-0.1, -0.05) is 24.3 Å². The fourth-order valence-corrected chi connectivity index (χ4v) is 3.76. The molecular weight excluding hydrogens is 274 g/mol. The molecule has 4 nitrogen and oxygen atoms in total. The first-order valence-electron chi connectivity index (χ1n) is 7.81. The first kappa shape index (κ1) is 13.5. The summed E-state index contributed by atoms with van der Waals surface area (Å²) in [7, 11) is 0. The highest BCUT2D eigenvalue weighted by Gasteiger charge is 2.49. The van der Waals surface area contributed by atoms with Gasteiger partial charge in [-0.3, -0.25) is 14.7 Å². The zero-order chi connectivity index (χ0) is 15.0. The van der Waals surface area contributed by atoms with E-state index in [1.807, 2.05) is 30.5 Å². The molecular formula is C18H19N3O. The third-order valence-electron chi connectivity index (χ3n) is 4.89. The number of pyridine rings is 1. The zero-order valence-corrected chi connectivity index (χ0v) is 12.5. The summed E-state index contributed by atoms with van der Waals surface area (Å²) < 4.78 is 0. The fourth-order valence-electron chi connectivity index (χ4n) is 3.76. The van der Waals surface area contributed by atoms with Crippen molar-refractivity contribution >= 4 is 11.6 Å². The normalized spacial score (nSPS) is 24.3. The molecule has 1 saturated heterocycles. The molecule has 1 N–H and O–H groups in total. The van der Waals surface area contributed by atoms with Crippen molar-refractivity contribution in [3.8, 4) is 0 Å². The van der Waals surface area contributed by atoms with E-state index in [1.54, 1.807) is 6.20 Å². The highest BCUT2D eigenvalue weighted by molar-refractivity contribution is 6.01. The van der Waals surface area contributed by atoms with Crippen molar-refractivity contribution in [2.75, 3.05) is 11.9 Å². The molecule has 112 valence electrons. The molecule has 1 unspecified atom stereocenters. The van der Waals surface area contributed by atoms with E-state index in [0.717, 1.165) is 43.6 Å². The first-order chi connectivity index (χ1) is 10.8. The zero-order valence-electron chi connectivity index (χ0n) is 12.5. The number of amides is 1. The number of para-hydroxylation sites is 1. The van der Waals surface area contributed by atoms with E-state index in [4.69, 9.17) is 0 Å². The van der Waals surface area contributed by atoms with Crippen LogP contribution in [-0.2, 0) is 17.8 Å². The molecule has 1 spiro atoms. The van der Waals surface area contributed by atoms with Crippen molar-refractivity contribution in [3.05, 3.63) is 59.9 Å². The number of anilines is 1. The monoisotopic (exact) mass is 293 g/mol. The van der Waals surface area contributed by atoms with Crippen molar-refractivity contribution in [1.29, 1.82) is 0 Å². The van der Waals surface area contributed by atoms with Crippen LogP contribution in [0.1, 0.15) is 24.0 Å². The summed E-state index contributed by atoms with van der Waals surface area (Å²) in [4.78, 5) is 19.3. The minimum absolute atomic E-state index is 0.146. The third kappa shape index (κ3) is 2.11. The maximum atomic E-state index is 12.8. The maximum Gasteiger partial charge on any atom is 0.245 e. The minimum Gasteiger partial charge on any atom is -0.324 e. The van der Waals surface area contributed by atoms with Crippen LogP contribution in [0.3, 0.4) is 0 Å². The highest BCUT2D eigenvalue weighted by atomic mass is 16.2.